The van der Waals surface area contributed by atoms with Crippen molar-refractivity contribution in [3.63, 3.8) is 0 Å². The van der Waals surface area contributed by atoms with Crippen LogP contribution >= 0.6 is 0 Å². The highest BCUT2D eigenvalue weighted by atomic mass is 19.4. The van der Waals surface area contributed by atoms with E-state index in [1.165, 1.54) is 7.05 Å². The van der Waals surface area contributed by atoms with E-state index < -0.39 is 12.2 Å². The molecule has 0 saturated heterocycles. The summed E-state index contributed by atoms with van der Waals surface area (Å²) in [5, 5.41) is 2.28. The van der Waals surface area contributed by atoms with E-state index >= 15 is 0 Å². The standard InChI is InChI=1S/C11H14F3N/c1-8-3-5-9(6-4-8)7-10(15-2)11(12,13)14/h3-6,10,15H,7H2,1-2H3. The van der Waals surface area contributed by atoms with Gasteiger partial charge in [-0.1, -0.05) is 29.8 Å². The molecule has 1 atom stereocenters. The van der Waals surface area contributed by atoms with Crippen LogP contribution in [0.25, 0.3) is 0 Å². The van der Waals surface area contributed by atoms with Crippen molar-refractivity contribution in [2.24, 2.45) is 0 Å². The molecule has 0 heterocycles. The normalized spacial score (nSPS) is 13.9. The Morgan fingerprint density at radius 1 is 1.20 bits per heavy atom. The second-order valence-electron chi connectivity index (χ2n) is 3.57. The molecule has 4 heteroatoms. The molecule has 1 aromatic carbocycles. The minimum absolute atomic E-state index is 0.0275. The maximum absolute atomic E-state index is 12.4. The third-order valence-electron chi connectivity index (χ3n) is 2.30. The minimum Gasteiger partial charge on any atom is -0.309 e. The molecule has 0 saturated carbocycles. The maximum atomic E-state index is 12.4. The topological polar surface area (TPSA) is 12.0 Å². The van der Waals surface area contributed by atoms with Crippen LogP contribution in [0.5, 0.6) is 0 Å². The van der Waals surface area contributed by atoms with Gasteiger partial charge in [-0.2, -0.15) is 13.2 Å². The maximum Gasteiger partial charge on any atom is 0.404 e. The first-order chi connectivity index (χ1) is 6.93. The fourth-order valence-electron chi connectivity index (χ4n) is 1.34. The first-order valence-electron chi connectivity index (χ1n) is 4.73. The van der Waals surface area contributed by atoms with E-state index in [1.807, 2.05) is 19.1 Å². The van der Waals surface area contributed by atoms with Crippen LogP contribution < -0.4 is 5.32 Å². The number of nitrogens with one attached hydrogen (secondary N) is 1. The van der Waals surface area contributed by atoms with Gasteiger partial charge in [-0.3, -0.25) is 0 Å². The van der Waals surface area contributed by atoms with Gasteiger partial charge in [0.05, 0.1) is 0 Å². The smallest absolute Gasteiger partial charge is 0.309 e. The highest BCUT2D eigenvalue weighted by Crippen LogP contribution is 2.22. The Kier molecular flexibility index (Phi) is 3.74. The van der Waals surface area contributed by atoms with Gasteiger partial charge < -0.3 is 5.32 Å². The summed E-state index contributed by atoms with van der Waals surface area (Å²) in [5.74, 6) is 0. The quantitative estimate of drug-likeness (QED) is 0.820. The van der Waals surface area contributed by atoms with E-state index in [2.05, 4.69) is 5.32 Å². The molecule has 0 aliphatic heterocycles. The molecular formula is C11H14F3N. The van der Waals surface area contributed by atoms with Crippen molar-refractivity contribution in [2.45, 2.75) is 25.6 Å². The molecule has 0 spiro atoms. The van der Waals surface area contributed by atoms with Gasteiger partial charge in [-0.05, 0) is 26.0 Å². The molecule has 0 aliphatic rings. The Balaban J connectivity index is 2.71. The van der Waals surface area contributed by atoms with Gasteiger partial charge in [0.25, 0.3) is 0 Å². The van der Waals surface area contributed by atoms with Gasteiger partial charge in [0.15, 0.2) is 0 Å². The third kappa shape index (κ3) is 3.55. The lowest BCUT2D eigenvalue weighted by Crippen LogP contribution is -2.41. The zero-order chi connectivity index (χ0) is 11.5. The van der Waals surface area contributed by atoms with Gasteiger partial charge in [0.1, 0.15) is 6.04 Å². The summed E-state index contributed by atoms with van der Waals surface area (Å²) in [4.78, 5) is 0. The van der Waals surface area contributed by atoms with E-state index in [0.29, 0.717) is 5.56 Å². The Labute approximate surface area is 87.3 Å². The molecule has 1 nitrogen and oxygen atoms in total. The van der Waals surface area contributed by atoms with Gasteiger partial charge in [0, 0.05) is 0 Å². The SMILES string of the molecule is CNC(Cc1ccc(C)cc1)C(F)(F)F. The van der Waals surface area contributed by atoms with E-state index in [9.17, 15) is 13.2 Å². The summed E-state index contributed by atoms with van der Waals surface area (Å²) in [6.07, 6.45) is -4.22. The molecular weight excluding hydrogens is 203 g/mol. The van der Waals surface area contributed by atoms with Crippen molar-refractivity contribution in [1.29, 1.82) is 0 Å². The average molecular weight is 217 g/mol. The van der Waals surface area contributed by atoms with Gasteiger partial charge in [-0.15, -0.1) is 0 Å². The van der Waals surface area contributed by atoms with Crippen molar-refractivity contribution in [3.8, 4) is 0 Å². The highest BCUT2D eigenvalue weighted by molar-refractivity contribution is 5.22. The lowest BCUT2D eigenvalue weighted by molar-refractivity contribution is -0.154. The van der Waals surface area contributed by atoms with Crippen LogP contribution in [-0.2, 0) is 6.42 Å². The number of hydrogen-bond donors (Lipinski definition) is 1. The van der Waals surface area contributed by atoms with Crippen LogP contribution in [0.15, 0.2) is 24.3 Å². The monoisotopic (exact) mass is 217 g/mol. The van der Waals surface area contributed by atoms with E-state index in [1.54, 1.807) is 12.1 Å². The van der Waals surface area contributed by atoms with Gasteiger partial charge in [-0.25, -0.2) is 0 Å². The number of halogens is 3. The third-order valence-corrected chi connectivity index (χ3v) is 2.30. The second kappa shape index (κ2) is 4.66. The average Bonchev–Trinajstić information content (AvgIpc) is 2.15. The number of aryl methyl sites for hydroxylation is 1. The summed E-state index contributed by atoms with van der Waals surface area (Å²) in [7, 11) is 1.33. The molecule has 0 radical (unpaired) electrons. The summed E-state index contributed by atoms with van der Waals surface area (Å²) in [6.45, 7) is 1.91. The number of rotatable bonds is 3. The molecule has 0 aromatic heterocycles. The van der Waals surface area contributed by atoms with Crippen molar-refractivity contribution in [3.05, 3.63) is 35.4 Å². The largest absolute Gasteiger partial charge is 0.404 e. The van der Waals surface area contributed by atoms with E-state index in [0.717, 1.165) is 5.56 Å². The number of likely N-dealkylation sites (N-methyl/N-ethyl adjacent to an activating group) is 1. The van der Waals surface area contributed by atoms with Crippen molar-refractivity contribution in [2.75, 3.05) is 7.05 Å². The molecule has 1 N–H and O–H groups in total. The fourth-order valence-corrected chi connectivity index (χ4v) is 1.34. The Morgan fingerprint density at radius 3 is 2.13 bits per heavy atom. The molecule has 15 heavy (non-hydrogen) atoms. The molecule has 0 fully saturated rings. The second-order valence-corrected chi connectivity index (χ2v) is 3.57. The predicted octanol–water partition coefficient (Wildman–Crippen LogP) is 2.69. The molecule has 0 bridgehead atoms. The number of benzene rings is 1. The molecule has 0 amide bonds. The predicted molar refractivity (Wildman–Crippen MR) is 53.8 cm³/mol. The summed E-state index contributed by atoms with van der Waals surface area (Å²) >= 11 is 0. The van der Waals surface area contributed by atoms with Gasteiger partial charge >= 0.3 is 6.18 Å². The van der Waals surface area contributed by atoms with Crippen molar-refractivity contribution < 1.29 is 13.2 Å². The van der Waals surface area contributed by atoms with Crippen LogP contribution in [0.1, 0.15) is 11.1 Å². The lowest BCUT2D eigenvalue weighted by atomic mass is 10.0. The first kappa shape index (κ1) is 12.0. The summed E-state index contributed by atoms with van der Waals surface area (Å²) in [6, 6.07) is 5.62. The van der Waals surface area contributed by atoms with E-state index in [-0.39, 0.29) is 6.42 Å². The van der Waals surface area contributed by atoms with Crippen molar-refractivity contribution in [1.82, 2.24) is 5.32 Å². The molecule has 1 unspecified atom stereocenters. The Hall–Kier alpha value is -1.03. The highest BCUT2D eigenvalue weighted by Gasteiger charge is 2.38. The molecule has 1 rings (SSSR count). The number of alkyl halides is 3. The van der Waals surface area contributed by atoms with Crippen LogP contribution in [0.2, 0.25) is 0 Å². The van der Waals surface area contributed by atoms with Crippen LogP contribution in [-0.4, -0.2) is 19.3 Å². The van der Waals surface area contributed by atoms with Crippen LogP contribution in [0.3, 0.4) is 0 Å². The Morgan fingerprint density at radius 2 is 1.73 bits per heavy atom. The summed E-state index contributed by atoms with van der Waals surface area (Å²) < 4.78 is 37.3. The number of hydrogen-bond acceptors (Lipinski definition) is 1. The lowest BCUT2D eigenvalue weighted by Gasteiger charge is -2.19. The first-order valence-corrected chi connectivity index (χ1v) is 4.73. The van der Waals surface area contributed by atoms with Crippen LogP contribution in [0.4, 0.5) is 13.2 Å². The fraction of sp³-hybridized carbons (Fsp3) is 0.455. The van der Waals surface area contributed by atoms with E-state index in [4.69, 9.17) is 0 Å². The Bertz CT molecular complexity index is 303. The molecule has 84 valence electrons. The minimum atomic E-state index is -4.19. The van der Waals surface area contributed by atoms with Crippen LogP contribution in [0, 0.1) is 6.92 Å². The zero-order valence-corrected chi connectivity index (χ0v) is 8.73. The molecule has 0 aliphatic carbocycles. The molecule has 1 aromatic rings. The van der Waals surface area contributed by atoms with Crippen molar-refractivity contribution >= 4 is 0 Å². The van der Waals surface area contributed by atoms with Gasteiger partial charge in [0.2, 0.25) is 0 Å². The zero-order valence-electron chi connectivity index (χ0n) is 8.73. The summed E-state index contributed by atoms with van der Waals surface area (Å²) in [5.41, 5.74) is 1.74.